The van der Waals surface area contributed by atoms with Crippen molar-refractivity contribution in [2.75, 3.05) is 47.6 Å². The summed E-state index contributed by atoms with van der Waals surface area (Å²) in [5.41, 5.74) is 0. The molecule has 2 atom stereocenters. The van der Waals surface area contributed by atoms with Crippen LogP contribution in [0.1, 0.15) is 208 Å². The quantitative estimate of drug-likeness (QED) is 0.0351. The molecule has 2 unspecified atom stereocenters. The molecule has 7 nitrogen and oxygen atoms in total. The number of carbonyl (C=O) groups is 3. The van der Waals surface area contributed by atoms with E-state index in [1.54, 1.807) is 7.11 Å². The Morgan fingerprint density at radius 3 is 1.54 bits per heavy atom. The lowest BCUT2D eigenvalue weighted by molar-refractivity contribution is -0.146. The molecule has 0 heterocycles. The third kappa shape index (κ3) is 40.2. The van der Waals surface area contributed by atoms with Crippen LogP contribution >= 0.6 is 0 Å². The molecule has 0 rings (SSSR count). The summed E-state index contributed by atoms with van der Waals surface area (Å²) >= 11 is 0. The molecular formula is C47H93NO6. The van der Waals surface area contributed by atoms with Crippen molar-refractivity contribution < 1.29 is 28.6 Å². The van der Waals surface area contributed by atoms with Gasteiger partial charge in [-0.05, 0) is 89.3 Å². The minimum atomic E-state index is -0.0502. The summed E-state index contributed by atoms with van der Waals surface area (Å²) in [5.74, 6) is 2.47. The van der Waals surface area contributed by atoms with E-state index in [4.69, 9.17) is 14.2 Å². The van der Waals surface area contributed by atoms with Crippen LogP contribution in [0.4, 0.5) is 0 Å². The molecule has 0 amide bonds. The fourth-order valence-electron chi connectivity index (χ4n) is 6.86. The average molecular weight is 768 g/mol. The zero-order valence-corrected chi connectivity index (χ0v) is 37.6. The minimum Gasteiger partial charge on any atom is -0.466 e. The first-order chi connectivity index (χ1) is 26.0. The molecule has 0 radical (unpaired) electrons. The number of rotatable bonds is 38. The molecule has 0 saturated heterocycles. The predicted molar refractivity (Wildman–Crippen MR) is 230 cm³/mol. The van der Waals surface area contributed by atoms with E-state index in [2.05, 4.69) is 60.5 Å². The van der Waals surface area contributed by atoms with E-state index in [1.165, 1.54) is 57.8 Å². The number of esters is 2. The molecule has 0 aromatic heterocycles. The number of unbranched alkanes of at least 4 members (excludes halogenated alkanes) is 12. The van der Waals surface area contributed by atoms with Crippen molar-refractivity contribution >= 4 is 18.2 Å². The number of methoxy groups -OCH3 is 1. The second-order valence-electron chi connectivity index (χ2n) is 17.2. The first kappa shape index (κ1) is 54.6. The molecule has 0 aromatic rings. The summed E-state index contributed by atoms with van der Waals surface area (Å²) in [5, 5.41) is 0. The summed E-state index contributed by atoms with van der Waals surface area (Å²) in [6.45, 7) is 16.6. The van der Waals surface area contributed by atoms with Crippen LogP contribution in [0.3, 0.4) is 0 Å². The molecule has 0 aromatic carbocycles. The first-order valence-corrected chi connectivity index (χ1v) is 22.9. The highest BCUT2D eigenvalue weighted by Gasteiger charge is 2.17. The van der Waals surface area contributed by atoms with Crippen molar-refractivity contribution in [2.45, 2.75) is 208 Å². The van der Waals surface area contributed by atoms with Gasteiger partial charge in [-0.1, -0.05) is 151 Å². The molecule has 0 fully saturated rings. The van der Waals surface area contributed by atoms with Crippen LogP contribution in [-0.2, 0) is 28.6 Å². The number of nitrogens with zero attached hydrogens (tertiary/aromatic N) is 1. The van der Waals surface area contributed by atoms with Crippen LogP contribution in [0.2, 0.25) is 0 Å². The van der Waals surface area contributed by atoms with E-state index in [0.29, 0.717) is 49.7 Å². The van der Waals surface area contributed by atoms with Gasteiger partial charge in [-0.25, -0.2) is 0 Å². The van der Waals surface area contributed by atoms with Crippen LogP contribution in [0, 0.1) is 29.6 Å². The number of aldehydes is 1. The van der Waals surface area contributed by atoms with Gasteiger partial charge in [-0.15, -0.1) is 0 Å². The van der Waals surface area contributed by atoms with Gasteiger partial charge in [0.15, 0.2) is 0 Å². The Morgan fingerprint density at radius 1 is 0.574 bits per heavy atom. The number of carbonyl (C=O) groups excluding carboxylic acids is 3. The molecule has 0 aliphatic heterocycles. The van der Waals surface area contributed by atoms with E-state index >= 15 is 0 Å². The van der Waals surface area contributed by atoms with Crippen molar-refractivity contribution in [1.29, 1.82) is 0 Å². The molecule has 7 heteroatoms. The van der Waals surface area contributed by atoms with Crippen LogP contribution < -0.4 is 0 Å². The van der Waals surface area contributed by atoms with Crippen LogP contribution in [0.15, 0.2) is 0 Å². The summed E-state index contributed by atoms with van der Waals surface area (Å²) in [6, 6.07) is 0. The minimum absolute atomic E-state index is 0.0332. The van der Waals surface area contributed by atoms with E-state index in [-0.39, 0.29) is 17.9 Å². The molecular weight excluding hydrogens is 675 g/mol. The topological polar surface area (TPSA) is 82.1 Å². The lowest BCUT2D eigenvalue weighted by Gasteiger charge is -2.21. The third-order valence-corrected chi connectivity index (χ3v) is 10.8. The van der Waals surface area contributed by atoms with E-state index in [9.17, 15) is 14.4 Å². The maximum absolute atomic E-state index is 12.2. The van der Waals surface area contributed by atoms with Gasteiger partial charge >= 0.3 is 11.9 Å². The monoisotopic (exact) mass is 768 g/mol. The highest BCUT2D eigenvalue weighted by Crippen LogP contribution is 2.23. The highest BCUT2D eigenvalue weighted by atomic mass is 16.5. The Hall–Kier alpha value is -1.47. The lowest BCUT2D eigenvalue weighted by Crippen LogP contribution is -2.19. The molecule has 0 saturated carbocycles. The van der Waals surface area contributed by atoms with Gasteiger partial charge in [0.2, 0.25) is 0 Å². The van der Waals surface area contributed by atoms with Crippen molar-refractivity contribution in [2.24, 2.45) is 29.6 Å². The lowest BCUT2D eigenvalue weighted by atomic mass is 9.89. The van der Waals surface area contributed by atoms with Crippen LogP contribution in [-0.4, -0.2) is 70.7 Å². The second-order valence-corrected chi connectivity index (χ2v) is 17.2. The predicted octanol–water partition coefficient (Wildman–Crippen LogP) is 12.8. The molecule has 0 bridgehead atoms. The maximum atomic E-state index is 12.2. The van der Waals surface area contributed by atoms with Gasteiger partial charge in [-0.3, -0.25) is 9.59 Å². The standard InChI is InChI=1S/C41H78O5.C6H15NO/c1-7-9-17-23-37(24-18-10-8-2)31-32-45-40(43)27-21-15-11-13-19-25-38(33-42)26-20-14-12-16-22-28-41(44)46-34-39(36(5)6)30-29-35(3)4;1-7(2)5-4-6-8-3/h33,35-39H,7-32,34H2,1-6H3;4-6H2,1-3H3. The van der Waals surface area contributed by atoms with Crippen LogP contribution in [0.5, 0.6) is 0 Å². The Bertz CT molecular complexity index is 806. The largest absolute Gasteiger partial charge is 0.466 e. The van der Waals surface area contributed by atoms with Crippen LogP contribution in [0.25, 0.3) is 0 Å². The van der Waals surface area contributed by atoms with Crippen molar-refractivity contribution in [3.63, 3.8) is 0 Å². The summed E-state index contributed by atoms with van der Waals surface area (Å²) in [6.07, 6.45) is 29.4. The molecule has 0 spiro atoms. The molecule has 0 N–H and O–H groups in total. The van der Waals surface area contributed by atoms with E-state index in [0.717, 1.165) is 116 Å². The zero-order valence-electron chi connectivity index (χ0n) is 37.6. The number of hydrogen-bond donors (Lipinski definition) is 0. The van der Waals surface area contributed by atoms with E-state index < -0.39 is 0 Å². The molecule has 0 aliphatic rings. The van der Waals surface area contributed by atoms with Gasteiger partial charge in [0, 0.05) is 32.5 Å². The SMILES string of the molecule is CCCCCC(CCCCC)CCOC(=O)CCCCCCCC(C=O)CCCCCCCC(=O)OCC(CCC(C)C)C(C)C.COCCCN(C)C. The molecule has 0 aliphatic carbocycles. The Labute approximate surface area is 336 Å². The number of hydrogen-bond acceptors (Lipinski definition) is 7. The number of ether oxygens (including phenoxy) is 3. The van der Waals surface area contributed by atoms with Gasteiger partial charge in [0.25, 0.3) is 0 Å². The van der Waals surface area contributed by atoms with Gasteiger partial charge in [-0.2, -0.15) is 0 Å². The maximum Gasteiger partial charge on any atom is 0.305 e. The normalized spacial score (nSPS) is 12.6. The Morgan fingerprint density at radius 2 is 1.07 bits per heavy atom. The van der Waals surface area contributed by atoms with Crippen molar-refractivity contribution in [3.05, 3.63) is 0 Å². The van der Waals surface area contributed by atoms with Gasteiger partial charge < -0.3 is 23.9 Å². The smallest absolute Gasteiger partial charge is 0.305 e. The summed E-state index contributed by atoms with van der Waals surface area (Å²) < 4.78 is 16.0. The van der Waals surface area contributed by atoms with Crippen molar-refractivity contribution in [3.8, 4) is 0 Å². The average Bonchev–Trinajstić information content (AvgIpc) is 3.13. The van der Waals surface area contributed by atoms with E-state index in [1.807, 2.05) is 0 Å². The fraction of sp³-hybridized carbons (Fsp3) is 0.936. The first-order valence-electron chi connectivity index (χ1n) is 22.9. The summed E-state index contributed by atoms with van der Waals surface area (Å²) in [4.78, 5) is 38.1. The Kier molecular flexibility index (Phi) is 41.7. The highest BCUT2D eigenvalue weighted by molar-refractivity contribution is 5.69. The van der Waals surface area contributed by atoms with Gasteiger partial charge in [0.1, 0.15) is 6.29 Å². The second kappa shape index (κ2) is 41.2. The molecule has 54 heavy (non-hydrogen) atoms. The summed E-state index contributed by atoms with van der Waals surface area (Å²) in [7, 11) is 5.86. The third-order valence-electron chi connectivity index (χ3n) is 10.8. The zero-order chi connectivity index (χ0) is 40.7. The fourth-order valence-corrected chi connectivity index (χ4v) is 6.86. The van der Waals surface area contributed by atoms with Crippen molar-refractivity contribution in [1.82, 2.24) is 4.90 Å². The Balaban J connectivity index is 0. The molecule has 322 valence electrons. The van der Waals surface area contributed by atoms with Gasteiger partial charge in [0.05, 0.1) is 13.2 Å².